The maximum atomic E-state index is 12.3. The number of hydrogen-bond donors (Lipinski definition) is 0. The van der Waals surface area contributed by atoms with Crippen molar-refractivity contribution in [2.45, 2.75) is 53.1 Å². The lowest BCUT2D eigenvalue weighted by atomic mass is 9.78. The van der Waals surface area contributed by atoms with Crippen LogP contribution in [0.3, 0.4) is 0 Å². The van der Waals surface area contributed by atoms with Crippen LogP contribution in [0.4, 0.5) is 0 Å². The number of carbonyl (C=O) groups is 1. The van der Waals surface area contributed by atoms with Crippen LogP contribution >= 0.6 is 0 Å². The van der Waals surface area contributed by atoms with Crippen LogP contribution in [0.2, 0.25) is 0 Å². The fourth-order valence-electron chi connectivity index (χ4n) is 1.82. The Bertz CT molecular complexity index is 453. The Morgan fingerprint density at radius 3 is 2.63 bits per heavy atom. The molecule has 0 N–H and O–H groups in total. The monoisotopic (exact) mass is 260 g/mol. The molecular formula is C17H24O2. The summed E-state index contributed by atoms with van der Waals surface area (Å²) in [6.45, 7) is 8.68. The normalized spacial score (nSPS) is 17.1. The highest BCUT2D eigenvalue weighted by Crippen LogP contribution is 2.30. The highest BCUT2D eigenvalue weighted by Gasteiger charge is 2.25. The minimum absolute atomic E-state index is 0.164. The average Bonchev–Trinajstić information content (AvgIpc) is 3.12. The van der Waals surface area contributed by atoms with Gasteiger partial charge in [0, 0.05) is 12.0 Å². The molecule has 2 rings (SSSR count). The number of ketones is 1. The molecule has 1 aliphatic carbocycles. The van der Waals surface area contributed by atoms with E-state index in [0.717, 1.165) is 24.2 Å². The van der Waals surface area contributed by atoms with E-state index in [1.165, 1.54) is 0 Å². The van der Waals surface area contributed by atoms with Gasteiger partial charge >= 0.3 is 0 Å². The lowest BCUT2D eigenvalue weighted by molar-refractivity contribution is 0.0926. The maximum absolute atomic E-state index is 12.3. The molecule has 0 radical (unpaired) electrons. The molecule has 0 amide bonds. The summed E-state index contributed by atoms with van der Waals surface area (Å²) in [5, 5.41) is 0. The molecule has 1 aliphatic rings. The number of carbonyl (C=O) groups excluding carboxylic acids is 1. The van der Waals surface area contributed by atoms with Crippen LogP contribution in [0, 0.1) is 11.3 Å². The second kappa shape index (κ2) is 5.36. The Kier molecular flexibility index (Phi) is 3.98. The summed E-state index contributed by atoms with van der Waals surface area (Å²) in [4.78, 5) is 12.3. The first kappa shape index (κ1) is 14.1. The predicted octanol–water partition coefficient (Wildman–Crippen LogP) is 4.48. The van der Waals surface area contributed by atoms with Crippen molar-refractivity contribution in [1.29, 1.82) is 0 Å². The Balaban J connectivity index is 2.01. The minimum Gasteiger partial charge on any atom is -0.490 e. The highest BCUT2D eigenvalue weighted by atomic mass is 16.5. The van der Waals surface area contributed by atoms with Gasteiger partial charge in [-0.3, -0.25) is 4.79 Å². The van der Waals surface area contributed by atoms with Crippen molar-refractivity contribution in [3.8, 4) is 5.75 Å². The third-order valence-corrected chi connectivity index (χ3v) is 3.95. The van der Waals surface area contributed by atoms with E-state index in [9.17, 15) is 4.79 Å². The van der Waals surface area contributed by atoms with Gasteiger partial charge in [0.05, 0.1) is 6.10 Å². The number of benzene rings is 1. The molecule has 19 heavy (non-hydrogen) atoms. The van der Waals surface area contributed by atoms with E-state index in [1.54, 1.807) is 0 Å². The van der Waals surface area contributed by atoms with Crippen LogP contribution in [-0.4, -0.2) is 11.9 Å². The number of Topliss-reactive ketones (excluding diaryl/α,β-unsaturated/α-hetero) is 1. The third kappa shape index (κ3) is 4.09. The standard InChI is InChI=1S/C17H24O2/c1-12(17(2,3)4)10-16(18)13-6-5-7-15(11-13)19-14-8-9-14/h5-7,11-12,14H,8-10H2,1-4H3. The average molecular weight is 260 g/mol. The SMILES string of the molecule is CC(CC(=O)c1cccc(OC2CC2)c1)C(C)(C)C. The van der Waals surface area contributed by atoms with Crippen LogP contribution in [0.5, 0.6) is 5.75 Å². The second-order valence-electron chi connectivity index (χ2n) is 6.74. The van der Waals surface area contributed by atoms with E-state index >= 15 is 0 Å². The summed E-state index contributed by atoms with van der Waals surface area (Å²) in [6.07, 6.45) is 3.24. The van der Waals surface area contributed by atoms with Gasteiger partial charge in [0.1, 0.15) is 5.75 Å². The van der Waals surface area contributed by atoms with Crippen molar-refractivity contribution in [2.24, 2.45) is 11.3 Å². The zero-order valence-corrected chi connectivity index (χ0v) is 12.4. The largest absolute Gasteiger partial charge is 0.490 e. The highest BCUT2D eigenvalue weighted by molar-refractivity contribution is 5.96. The molecule has 0 heterocycles. The van der Waals surface area contributed by atoms with E-state index in [4.69, 9.17) is 4.74 Å². The summed E-state index contributed by atoms with van der Waals surface area (Å²) in [5.41, 5.74) is 0.937. The van der Waals surface area contributed by atoms with Crippen molar-refractivity contribution in [1.82, 2.24) is 0 Å². The molecule has 2 nitrogen and oxygen atoms in total. The Labute approximate surface area is 116 Å². The first-order valence-electron chi connectivity index (χ1n) is 7.16. The van der Waals surface area contributed by atoms with Crippen LogP contribution < -0.4 is 4.74 Å². The number of rotatable bonds is 5. The molecule has 1 unspecified atom stereocenters. The summed E-state index contributed by atoms with van der Waals surface area (Å²) >= 11 is 0. The molecule has 1 fully saturated rings. The van der Waals surface area contributed by atoms with Crippen LogP contribution in [0.15, 0.2) is 24.3 Å². The summed E-state index contributed by atoms with van der Waals surface area (Å²) in [7, 11) is 0. The van der Waals surface area contributed by atoms with Gasteiger partial charge in [0.25, 0.3) is 0 Å². The van der Waals surface area contributed by atoms with Crippen molar-refractivity contribution in [2.75, 3.05) is 0 Å². The van der Waals surface area contributed by atoms with E-state index in [2.05, 4.69) is 27.7 Å². The van der Waals surface area contributed by atoms with Gasteiger partial charge in [-0.1, -0.05) is 39.8 Å². The van der Waals surface area contributed by atoms with Crippen molar-refractivity contribution in [3.05, 3.63) is 29.8 Å². The maximum Gasteiger partial charge on any atom is 0.163 e. The number of ether oxygens (including phenoxy) is 1. The molecule has 0 spiro atoms. The van der Waals surface area contributed by atoms with Crippen LogP contribution in [0.1, 0.15) is 57.3 Å². The van der Waals surface area contributed by atoms with Crippen molar-refractivity contribution in [3.63, 3.8) is 0 Å². The van der Waals surface area contributed by atoms with Gasteiger partial charge in [-0.15, -0.1) is 0 Å². The number of hydrogen-bond acceptors (Lipinski definition) is 2. The Morgan fingerprint density at radius 1 is 1.37 bits per heavy atom. The molecule has 1 aromatic carbocycles. The summed E-state index contributed by atoms with van der Waals surface area (Å²) < 4.78 is 5.74. The molecule has 104 valence electrons. The first-order valence-corrected chi connectivity index (χ1v) is 7.16. The molecule has 0 saturated heterocycles. The topological polar surface area (TPSA) is 26.3 Å². The van der Waals surface area contributed by atoms with E-state index in [0.29, 0.717) is 18.4 Å². The van der Waals surface area contributed by atoms with Gasteiger partial charge in [-0.2, -0.15) is 0 Å². The fraction of sp³-hybridized carbons (Fsp3) is 0.588. The molecule has 2 heteroatoms. The quantitative estimate of drug-likeness (QED) is 0.729. The van der Waals surface area contributed by atoms with Crippen LogP contribution in [0.25, 0.3) is 0 Å². The molecule has 0 aliphatic heterocycles. The van der Waals surface area contributed by atoms with E-state index in [1.807, 2.05) is 24.3 Å². The molecule has 1 aromatic rings. The van der Waals surface area contributed by atoms with Gasteiger partial charge in [0.2, 0.25) is 0 Å². The van der Waals surface area contributed by atoms with Crippen molar-refractivity contribution >= 4 is 5.78 Å². The molecule has 0 bridgehead atoms. The smallest absolute Gasteiger partial charge is 0.163 e. The second-order valence-corrected chi connectivity index (χ2v) is 6.74. The Hall–Kier alpha value is -1.31. The van der Waals surface area contributed by atoms with Gasteiger partial charge in [-0.05, 0) is 36.3 Å². The zero-order chi connectivity index (χ0) is 14.0. The summed E-state index contributed by atoms with van der Waals surface area (Å²) in [6, 6.07) is 7.61. The van der Waals surface area contributed by atoms with E-state index < -0.39 is 0 Å². The predicted molar refractivity (Wildman–Crippen MR) is 77.7 cm³/mol. The lowest BCUT2D eigenvalue weighted by Crippen LogP contribution is -2.20. The third-order valence-electron chi connectivity index (χ3n) is 3.95. The first-order chi connectivity index (χ1) is 8.86. The van der Waals surface area contributed by atoms with E-state index in [-0.39, 0.29) is 11.2 Å². The molecule has 1 saturated carbocycles. The van der Waals surface area contributed by atoms with Crippen LogP contribution in [-0.2, 0) is 0 Å². The van der Waals surface area contributed by atoms with Gasteiger partial charge in [-0.25, -0.2) is 0 Å². The Morgan fingerprint density at radius 2 is 2.05 bits per heavy atom. The molecule has 0 aromatic heterocycles. The lowest BCUT2D eigenvalue weighted by Gasteiger charge is -2.26. The van der Waals surface area contributed by atoms with Gasteiger partial charge < -0.3 is 4.74 Å². The zero-order valence-electron chi connectivity index (χ0n) is 12.4. The fourth-order valence-corrected chi connectivity index (χ4v) is 1.82. The van der Waals surface area contributed by atoms with Gasteiger partial charge in [0.15, 0.2) is 5.78 Å². The molecular weight excluding hydrogens is 236 g/mol. The summed E-state index contributed by atoms with van der Waals surface area (Å²) in [5.74, 6) is 1.41. The minimum atomic E-state index is 0.164. The molecule has 1 atom stereocenters. The van der Waals surface area contributed by atoms with Crippen molar-refractivity contribution < 1.29 is 9.53 Å².